The van der Waals surface area contributed by atoms with Crippen molar-refractivity contribution in [2.24, 2.45) is 0 Å². The fraction of sp³-hybridized carbons (Fsp3) is 0.333. The van der Waals surface area contributed by atoms with Gasteiger partial charge in [-0.1, -0.05) is 0 Å². The second kappa shape index (κ2) is 7.20. The van der Waals surface area contributed by atoms with Crippen LogP contribution in [0.5, 0.6) is 0 Å². The molecule has 0 spiro atoms. The number of rotatable bonds is 4. The topological polar surface area (TPSA) is 70.2 Å². The van der Waals surface area contributed by atoms with E-state index < -0.39 is 0 Å². The van der Waals surface area contributed by atoms with Gasteiger partial charge in [0.25, 0.3) is 0 Å². The van der Waals surface area contributed by atoms with Crippen molar-refractivity contribution in [3.05, 3.63) is 27.3 Å². The van der Waals surface area contributed by atoms with Crippen molar-refractivity contribution in [3.63, 3.8) is 0 Å². The van der Waals surface area contributed by atoms with Gasteiger partial charge in [0.1, 0.15) is 0 Å². The molecule has 0 aliphatic rings. The first-order chi connectivity index (χ1) is 8.52. The molecule has 0 radical (unpaired) electrons. The summed E-state index contributed by atoms with van der Waals surface area (Å²) in [4.78, 5) is 22.7. The normalized spacial score (nSPS) is 9.72. The van der Waals surface area contributed by atoms with Gasteiger partial charge in [-0.3, -0.25) is 4.79 Å². The fourth-order valence-electron chi connectivity index (χ4n) is 1.35. The third-order valence-corrected chi connectivity index (χ3v) is 2.89. The van der Waals surface area contributed by atoms with Crippen LogP contribution in [0.1, 0.15) is 12.5 Å². The molecular formula is C12H16IN3O2. The maximum atomic E-state index is 11.6. The molecular weight excluding hydrogens is 345 g/mol. The number of amides is 3. The molecule has 1 aromatic carbocycles. The van der Waals surface area contributed by atoms with E-state index in [1.807, 2.05) is 32.0 Å². The van der Waals surface area contributed by atoms with Crippen molar-refractivity contribution in [1.29, 1.82) is 0 Å². The summed E-state index contributed by atoms with van der Waals surface area (Å²) < 4.78 is 1.11. The zero-order valence-corrected chi connectivity index (χ0v) is 12.5. The molecule has 1 aromatic rings. The van der Waals surface area contributed by atoms with Gasteiger partial charge < -0.3 is 16.0 Å². The van der Waals surface area contributed by atoms with E-state index >= 15 is 0 Å². The maximum absolute atomic E-state index is 11.6. The van der Waals surface area contributed by atoms with Crippen molar-refractivity contribution in [1.82, 2.24) is 10.6 Å². The van der Waals surface area contributed by atoms with Crippen LogP contribution in [-0.2, 0) is 4.79 Å². The molecule has 0 aliphatic carbocycles. The quantitative estimate of drug-likeness (QED) is 0.717. The Morgan fingerprint density at radius 1 is 1.28 bits per heavy atom. The van der Waals surface area contributed by atoms with E-state index in [-0.39, 0.29) is 18.5 Å². The van der Waals surface area contributed by atoms with E-state index in [2.05, 4.69) is 38.5 Å². The standard InChI is InChI=1S/C12H16IN3O2/c1-3-14-11(17)7-15-12(18)16-10-5-4-9(13)6-8(10)2/h4-6H,3,7H2,1-2H3,(H,14,17)(H2,15,16,18). The summed E-state index contributed by atoms with van der Waals surface area (Å²) in [6, 6.07) is 5.33. The minimum Gasteiger partial charge on any atom is -0.355 e. The first kappa shape index (κ1) is 14.7. The van der Waals surface area contributed by atoms with Crippen molar-refractivity contribution < 1.29 is 9.59 Å². The minimum atomic E-state index is -0.384. The Morgan fingerprint density at radius 3 is 2.61 bits per heavy atom. The number of halogens is 1. The summed E-state index contributed by atoms with van der Waals surface area (Å²) in [6.07, 6.45) is 0. The molecule has 1 rings (SSSR count). The van der Waals surface area contributed by atoms with Crippen LogP contribution >= 0.6 is 22.6 Å². The van der Waals surface area contributed by atoms with Gasteiger partial charge >= 0.3 is 6.03 Å². The summed E-state index contributed by atoms with van der Waals surface area (Å²) in [7, 11) is 0. The lowest BCUT2D eigenvalue weighted by atomic mass is 10.2. The predicted octanol–water partition coefficient (Wildman–Crippen LogP) is 1.86. The monoisotopic (exact) mass is 361 g/mol. The lowest BCUT2D eigenvalue weighted by Gasteiger charge is -2.10. The predicted molar refractivity (Wildman–Crippen MR) is 79.6 cm³/mol. The van der Waals surface area contributed by atoms with E-state index in [0.717, 1.165) is 14.8 Å². The van der Waals surface area contributed by atoms with Gasteiger partial charge in [-0.05, 0) is 60.2 Å². The molecule has 0 aliphatic heterocycles. The van der Waals surface area contributed by atoms with Gasteiger partial charge in [0.05, 0.1) is 6.54 Å². The van der Waals surface area contributed by atoms with E-state index in [4.69, 9.17) is 0 Å². The molecule has 0 saturated carbocycles. The molecule has 0 fully saturated rings. The molecule has 0 unspecified atom stereocenters. The SMILES string of the molecule is CCNC(=O)CNC(=O)Nc1ccc(I)cc1C. The number of anilines is 1. The second-order valence-electron chi connectivity index (χ2n) is 3.72. The fourth-order valence-corrected chi connectivity index (χ4v) is 2.00. The van der Waals surface area contributed by atoms with Crippen LogP contribution in [0.15, 0.2) is 18.2 Å². The highest BCUT2D eigenvalue weighted by atomic mass is 127. The Hall–Kier alpha value is -1.31. The van der Waals surface area contributed by atoms with Gasteiger partial charge in [-0.25, -0.2) is 4.79 Å². The van der Waals surface area contributed by atoms with Gasteiger partial charge in [0.15, 0.2) is 0 Å². The zero-order chi connectivity index (χ0) is 13.5. The Labute approximate surface area is 120 Å². The average Bonchev–Trinajstić information content (AvgIpc) is 2.31. The van der Waals surface area contributed by atoms with Gasteiger partial charge in [0.2, 0.25) is 5.91 Å². The minimum absolute atomic E-state index is 0.0247. The van der Waals surface area contributed by atoms with Crippen LogP contribution in [0.2, 0.25) is 0 Å². The molecule has 0 aromatic heterocycles. The van der Waals surface area contributed by atoms with E-state index in [1.165, 1.54) is 0 Å². The zero-order valence-electron chi connectivity index (χ0n) is 10.3. The smallest absolute Gasteiger partial charge is 0.319 e. The molecule has 0 heterocycles. The van der Waals surface area contributed by atoms with Crippen LogP contribution in [0.25, 0.3) is 0 Å². The molecule has 5 nitrogen and oxygen atoms in total. The number of carbonyl (C=O) groups is 2. The number of urea groups is 1. The van der Waals surface area contributed by atoms with Crippen molar-refractivity contribution in [2.75, 3.05) is 18.4 Å². The van der Waals surface area contributed by atoms with Gasteiger partial charge in [-0.2, -0.15) is 0 Å². The van der Waals surface area contributed by atoms with Crippen molar-refractivity contribution in [2.45, 2.75) is 13.8 Å². The molecule has 0 bridgehead atoms. The second-order valence-corrected chi connectivity index (χ2v) is 4.97. The van der Waals surface area contributed by atoms with Gasteiger partial charge in [0, 0.05) is 15.8 Å². The summed E-state index contributed by atoms with van der Waals surface area (Å²) in [5, 5.41) is 7.80. The van der Waals surface area contributed by atoms with Crippen LogP contribution in [0.3, 0.4) is 0 Å². The number of benzene rings is 1. The number of hydrogen-bond donors (Lipinski definition) is 3. The Bertz CT molecular complexity index is 449. The number of carbonyl (C=O) groups excluding carboxylic acids is 2. The molecule has 3 N–H and O–H groups in total. The highest BCUT2D eigenvalue weighted by Gasteiger charge is 2.06. The first-order valence-corrected chi connectivity index (χ1v) is 6.68. The lowest BCUT2D eigenvalue weighted by molar-refractivity contribution is -0.119. The summed E-state index contributed by atoms with van der Waals surface area (Å²) in [5.41, 5.74) is 1.72. The van der Waals surface area contributed by atoms with Crippen LogP contribution < -0.4 is 16.0 Å². The van der Waals surface area contributed by atoms with Crippen LogP contribution in [-0.4, -0.2) is 25.0 Å². The van der Waals surface area contributed by atoms with E-state index in [0.29, 0.717) is 6.54 Å². The lowest BCUT2D eigenvalue weighted by Crippen LogP contribution is -2.38. The Morgan fingerprint density at radius 2 is 2.00 bits per heavy atom. The van der Waals surface area contributed by atoms with Gasteiger partial charge in [-0.15, -0.1) is 0 Å². The molecule has 98 valence electrons. The third-order valence-electron chi connectivity index (χ3n) is 2.22. The summed E-state index contributed by atoms with van der Waals surface area (Å²) in [5.74, 6) is -0.202. The summed E-state index contributed by atoms with van der Waals surface area (Å²) in [6.45, 7) is 4.27. The number of likely N-dealkylation sites (N-methyl/N-ethyl adjacent to an activating group) is 1. The largest absolute Gasteiger partial charge is 0.355 e. The maximum Gasteiger partial charge on any atom is 0.319 e. The molecule has 0 atom stereocenters. The third kappa shape index (κ3) is 4.91. The average molecular weight is 361 g/mol. The highest BCUT2D eigenvalue weighted by molar-refractivity contribution is 14.1. The van der Waals surface area contributed by atoms with E-state index in [1.54, 1.807) is 0 Å². The number of nitrogens with one attached hydrogen (secondary N) is 3. The van der Waals surface area contributed by atoms with Crippen molar-refractivity contribution >= 4 is 40.2 Å². The molecule has 0 saturated heterocycles. The van der Waals surface area contributed by atoms with E-state index in [9.17, 15) is 9.59 Å². The molecule has 6 heteroatoms. The number of hydrogen-bond acceptors (Lipinski definition) is 2. The Balaban J connectivity index is 2.47. The first-order valence-electron chi connectivity index (χ1n) is 5.60. The van der Waals surface area contributed by atoms with Crippen LogP contribution in [0, 0.1) is 10.5 Å². The highest BCUT2D eigenvalue weighted by Crippen LogP contribution is 2.17. The number of aryl methyl sites for hydroxylation is 1. The summed E-state index contributed by atoms with van der Waals surface area (Å²) >= 11 is 2.21. The molecule has 3 amide bonds. The van der Waals surface area contributed by atoms with Crippen LogP contribution in [0.4, 0.5) is 10.5 Å². The van der Waals surface area contributed by atoms with Crippen molar-refractivity contribution in [3.8, 4) is 0 Å². The molecule has 18 heavy (non-hydrogen) atoms. The Kier molecular flexibility index (Phi) is 5.90.